The quantitative estimate of drug-likeness (QED) is 0.494. The molecule has 0 spiro atoms. The normalized spacial score (nSPS) is 10.7. The molecule has 0 aliphatic rings. The van der Waals surface area contributed by atoms with Gasteiger partial charge in [0, 0.05) is 18.9 Å². The third-order valence-electron chi connectivity index (χ3n) is 3.76. The fourth-order valence-electron chi connectivity index (χ4n) is 2.21. The maximum atomic E-state index is 11.9. The molecule has 0 aliphatic carbocycles. The molecule has 0 unspecified atom stereocenters. The molecule has 2 rings (SSSR count). The lowest BCUT2D eigenvalue weighted by molar-refractivity contribution is -0.119. The van der Waals surface area contributed by atoms with Gasteiger partial charge in [-0.2, -0.15) is 0 Å². The number of anilines is 1. The second-order valence-electron chi connectivity index (χ2n) is 5.97. The molecule has 0 saturated carbocycles. The van der Waals surface area contributed by atoms with E-state index in [4.69, 9.17) is 4.74 Å². The minimum absolute atomic E-state index is 0.141. The summed E-state index contributed by atoms with van der Waals surface area (Å²) in [5, 5.41) is 7.57. The molecule has 0 bridgehead atoms. The van der Waals surface area contributed by atoms with E-state index in [1.807, 2.05) is 18.2 Å². The fraction of sp³-hybridized carbons (Fsp3) is 0.238. The van der Waals surface area contributed by atoms with Crippen LogP contribution in [0.25, 0.3) is 0 Å². The van der Waals surface area contributed by atoms with Crippen LogP contribution in [-0.4, -0.2) is 31.0 Å². The zero-order valence-electron chi connectivity index (χ0n) is 17.0. The summed E-state index contributed by atoms with van der Waals surface area (Å²) in [5.41, 5.74) is 0.658. The fourth-order valence-corrected chi connectivity index (χ4v) is 2.21. The van der Waals surface area contributed by atoms with Crippen LogP contribution in [0.1, 0.15) is 26.7 Å². The Morgan fingerprint density at radius 2 is 1.60 bits per heavy atom. The Morgan fingerprint density at radius 3 is 2.23 bits per heavy atom. The van der Waals surface area contributed by atoms with Crippen LogP contribution in [0, 0.1) is 0 Å². The molecular formula is C21H24N4O5. The molecule has 2 aromatic carbocycles. The molecule has 9 nitrogen and oxygen atoms in total. The highest BCUT2D eigenvalue weighted by molar-refractivity contribution is 6.05. The van der Waals surface area contributed by atoms with E-state index >= 15 is 0 Å². The van der Waals surface area contributed by atoms with Crippen LogP contribution in [0.15, 0.2) is 53.5 Å². The first kappa shape index (κ1) is 22.4. The van der Waals surface area contributed by atoms with E-state index in [9.17, 15) is 14.4 Å². The van der Waals surface area contributed by atoms with Gasteiger partial charge in [-0.3, -0.25) is 20.2 Å². The van der Waals surface area contributed by atoms with Gasteiger partial charge in [-0.05, 0) is 24.3 Å². The Hall–Kier alpha value is -3.88. The number of para-hydroxylation sites is 1. The van der Waals surface area contributed by atoms with E-state index in [0.717, 1.165) is 0 Å². The molecule has 0 fully saturated rings. The predicted molar refractivity (Wildman–Crippen MR) is 113 cm³/mol. The number of guanidine groups is 1. The molecule has 0 radical (unpaired) electrons. The predicted octanol–water partition coefficient (Wildman–Crippen LogP) is 3.70. The van der Waals surface area contributed by atoms with Gasteiger partial charge in [-0.15, -0.1) is 0 Å². The number of ether oxygens (including phenoxy) is 2. The second kappa shape index (κ2) is 11.2. The topological polar surface area (TPSA) is 118 Å². The highest BCUT2D eigenvalue weighted by Crippen LogP contribution is 2.32. The summed E-state index contributed by atoms with van der Waals surface area (Å²) < 4.78 is 10.4. The van der Waals surface area contributed by atoms with E-state index in [1.165, 1.54) is 7.11 Å². The van der Waals surface area contributed by atoms with Crippen molar-refractivity contribution in [2.45, 2.75) is 26.7 Å². The summed E-state index contributed by atoms with van der Waals surface area (Å²) in [6, 6.07) is 14.0. The number of methoxy groups -OCH3 is 1. The van der Waals surface area contributed by atoms with Crippen molar-refractivity contribution < 1.29 is 23.9 Å². The molecule has 9 heteroatoms. The maximum absolute atomic E-state index is 11.9. The molecule has 0 atom stereocenters. The number of benzene rings is 2. The molecule has 2 aromatic rings. The lowest BCUT2D eigenvalue weighted by Crippen LogP contribution is -2.43. The smallest absolute Gasteiger partial charge is 0.413 e. The van der Waals surface area contributed by atoms with Crippen molar-refractivity contribution in [3.63, 3.8) is 0 Å². The van der Waals surface area contributed by atoms with Crippen LogP contribution in [0.4, 0.5) is 16.2 Å². The Kier molecular flexibility index (Phi) is 8.37. The number of nitrogens with zero attached hydrogens (tertiary/aromatic N) is 1. The van der Waals surface area contributed by atoms with Crippen molar-refractivity contribution in [3.05, 3.63) is 48.5 Å². The Morgan fingerprint density at radius 1 is 0.900 bits per heavy atom. The number of amides is 3. The van der Waals surface area contributed by atoms with Gasteiger partial charge in [-0.25, -0.2) is 9.79 Å². The highest BCUT2D eigenvalue weighted by atomic mass is 16.5. The minimum Gasteiger partial charge on any atom is -0.457 e. The van der Waals surface area contributed by atoms with Gasteiger partial charge in [0.05, 0.1) is 18.5 Å². The first-order valence-corrected chi connectivity index (χ1v) is 9.35. The van der Waals surface area contributed by atoms with Crippen molar-refractivity contribution in [3.8, 4) is 11.5 Å². The van der Waals surface area contributed by atoms with Gasteiger partial charge in [0.2, 0.25) is 17.8 Å². The van der Waals surface area contributed by atoms with Gasteiger partial charge in [0.15, 0.2) is 0 Å². The molecule has 30 heavy (non-hydrogen) atoms. The molecular weight excluding hydrogens is 388 g/mol. The average molecular weight is 412 g/mol. The average Bonchev–Trinajstić information content (AvgIpc) is 2.75. The lowest BCUT2D eigenvalue weighted by atomic mass is 10.2. The first-order chi connectivity index (χ1) is 14.4. The van der Waals surface area contributed by atoms with Crippen LogP contribution in [0.2, 0.25) is 0 Å². The number of carbonyl (C=O) groups is 3. The van der Waals surface area contributed by atoms with Gasteiger partial charge in [0.25, 0.3) is 0 Å². The molecule has 158 valence electrons. The van der Waals surface area contributed by atoms with Crippen LogP contribution < -0.4 is 20.7 Å². The number of hydrogen-bond acceptors (Lipinski definition) is 6. The van der Waals surface area contributed by atoms with Crippen molar-refractivity contribution in [1.82, 2.24) is 10.6 Å². The molecule has 0 aliphatic heterocycles. The van der Waals surface area contributed by atoms with E-state index in [1.54, 1.807) is 44.2 Å². The third kappa shape index (κ3) is 6.93. The monoisotopic (exact) mass is 412 g/mol. The molecule has 0 aromatic heterocycles. The largest absolute Gasteiger partial charge is 0.457 e. The first-order valence-electron chi connectivity index (χ1n) is 9.35. The molecule has 0 heterocycles. The van der Waals surface area contributed by atoms with Gasteiger partial charge >= 0.3 is 6.09 Å². The molecule has 3 N–H and O–H groups in total. The second-order valence-corrected chi connectivity index (χ2v) is 5.97. The zero-order valence-corrected chi connectivity index (χ0v) is 17.0. The van der Waals surface area contributed by atoms with Crippen molar-refractivity contribution in [1.29, 1.82) is 0 Å². The summed E-state index contributed by atoms with van der Waals surface area (Å²) in [5.74, 6) is 0.348. The standard InChI is InChI=1S/C21H24N4O5/c1-4-18(26)22-16-12-11-15(30-14-9-7-6-8-10-14)13-17(16)23-20(24-19(27)5-2)25-21(28)29-3/h6-13H,4-5H2,1-3H3,(H,22,26)(H2,23,24,25,27,28). The van der Waals surface area contributed by atoms with Crippen LogP contribution in [0.3, 0.4) is 0 Å². The summed E-state index contributed by atoms with van der Waals surface area (Å²) in [4.78, 5) is 39.7. The van der Waals surface area contributed by atoms with Crippen molar-refractivity contribution in [2.24, 2.45) is 4.99 Å². The van der Waals surface area contributed by atoms with Gasteiger partial charge < -0.3 is 14.8 Å². The summed E-state index contributed by atoms with van der Waals surface area (Å²) in [7, 11) is 1.19. The van der Waals surface area contributed by atoms with E-state index < -0.39 is 6.09 Å². The third-order valence-corrected chi connectivity index (χ3v) is 3.76. The Labute approximate surface area is 174 Å². The lowest BCUT2D eigenvalue weighted by Gasteiger charge is -2.13. The zero-order chi connectivity index (χ0) is 21.9. The SMILES string of the molecule is CCC(=O)NC(=Nc1cc(Oc2ccccc2)ccc1NC(=O)CC)NC(=O)OC. The number of carbonyl (C=O) groups excluding carboxylic acids is 3. The number of rotatable bonds is 6. The van der Waals surface area contributed by atoms with Crippen molar-refractivity contribution >= 4 is 35.2 Å². The van der Waals surface area contributed by atoms with Crippen LogP contribution >= 0.6 is 0 Å². The van der Waals surface area contributed by atoms with Crippen LogP contribution in [0.5, 0.6) is 11.5 Å². The summed E-state index contributed by atoms with van der Waals surface area (Å²) in [6.45, 7) is 3.38. The number of aliphatic imine (C=N–C) groups is 1. The highest BCUT2D eigenvalue weighted by Gasteiger charge is 2.13. The summed E-state index contributed by atoms with van der Waals surface area (Å²) >= 11 is 0. The number of hydrogen-bond donors (Lipinski definition) is 3. The van der Waals surface area contributed by atoms with Gasteiger partial charge in [0.1, 0.15) is 11.5 Å². The Bertz CT molecular complexity index is 908. The van der Waals surface area contributed by atoms with Crippen molar-refractivity contribution in [2.75, 3.05) is 12.4 Å². The van der Waals surface area contributed by atoms with E-state index in [2.05, 4.69) is 25.7 Å². The molecule has 0 saturated heterocycles. The Balaban J connectivity index is 2.44. The number of nitrogens with one attached hydrogen (secondary N) is 3. The van der Waals surface area contributed by atoms with E-state index in [-0.39, 0.29) is 36.3 Å². The number of alkyl carbamates (subject to hydrolysis) is 1. The maximum Gasteiger partial charge on any atom is 0.413 e. The van der Waals surface area contributed by atoms with Gasteiger partial charge in [-0.1, -0.05) is 32.0 Å². The van der Waals surface area contributed by atoms with Crippen LogP contribution in [-0.2, 0) is 14.3 Å². The molecule has 3 amide bonds. The summed E-state index contributed by atoms with van der Waals surface area (Å²) in [6.07, 6.45) is -0.357. The minimum atomic E-state index is -0.805. The van der Waals surface area contributed by atoms with E-state index in [0.29, 0.717) is 17.2 Å².